The van der Waals surface area contributed by atoms with Crippen LogP contribution in [0.15, 0.2) is 18.2 Å². The Morgan fingerprint density at radius 2 is 1.78 bits per heavy atom. The monoisotopic (exact) mass is 246 g/mol. The Bertz CT molecular complexity index is 433. The Balaban J connectivity index is 2.54. The average molecular weight is 246 g/mol. The molecule has 1 aromatic rings. The maximum absolute atomic E-state index is 11.9. The van der Waals surface area contributed by atoms with Gasteiger partial charge < -0.3 is 0 Å². The second-order valence-corrected chi connectivity index (χ2v) is 4.89. The summed E-state index contributed by atoms with van der Waals surface area (Å²) < 4.78 is 0. The van der Waals surface area contributed by atoms with E-state index in [1.54, 1.807) is 0 Å². The molecule has 98 valence electrons. The molecular formula is C16H22O2. The van der Waals surface area contributed by atoms with Gasteiger partial charge in [-0.15, -0.1) is 0 Å². The lowest BCUT2D eigenvalue weighted by Gasteiger charge is -2.04. The summed E-state index contributed by atoms with van der Waals surface area (Å²) in [5.74, 6) is 0.00581. The number of hydrogen-bond donors (Lipinski definition) is 0. The normalized spacial score (nSPS) is 10.4. The molecule has 0 spiro atoms. The maximum Gasteiger partial charge on any atom is 0.170 e. The summed E-state index contributed by atoms with van der Waals surface area (Å²) in [5.41, 5.74) is 2.92. The number of ketones is 2. The van der Waals surface area contributed by atoms with Crippen molar-refractivity contribution in [1.82, 2.24) is 0 Å². The first-order valence-corrected chi connectivity index (χ1v) is 6.66. The molecule has 0 saturated heterocycles. The predicted molar refractivity (Wildman–Crippen MR) is 74.0 cm³/mol. The quantitative estimate of drug-likeness (QED) is 0.413. The molecule has 0 aromatic heterocycles. The highest BCUT2D eigenvalue weighted by Gasteiger charge is 2.12. The van der Waals surface area contributed by atoms with E-state index < -0.39 is 0 Å². The van der Waals surface area contributed by atoms with Gasteiger partial charge in [-0.3, -0.25) is 9.59 Å². The van der Waals surface area contributed by atoms with E-state index in [1.165, 1.54) is 5.56 Å². The number of rotatable bonds is 7. The second kappa shape index (κ2) is 7.10. The van der Waals surface area contributed by atoms with Gasteiger partial charge in [0, 0.05) is 12.0 Å². The highest BCUT2D eigenvalue weighted by atomic mass is 16.1. The van der Waals surface area contributed by atoms with Crippen LogP contribution < -0.4 is 0 Å². The number of hydrogen-bond acceptors (Lipinski definition) is 2. The summed E-state index contributed by atoms with van der Waals surface area (Å²) >= 11 is 0. The largest absolute Gasteiger partial charge is 0.299 e. The van der Waals surface area contributed by atoms with Gasteiger partial charge in [-0.05, 0) is 37.5 Å². The molecule has 2 heteroatoms. The van der Waals surface area contributed by atoms with Crippen LogP contribution in [0.2, 0.25) is 0 Å². The van der Waals surface area contributed by atoms with E-state index in [-0.39, 0.29) is 18.0 Å². The molecule has 0 heterocycles. The minimum atomic E-state index is -0.0559. The molecule has 0 bridgehead atoms. The lowest BCUT2D eigenvalue weighted by Crippen LogP contribution is -2.08. The molecule has 0 amide bonds. The van der Waals surface area contributed by atoms with Crippen LogP contribution in [-0.4, -0.2) is 11.6 Å². The molecule has 0 aliphatic heterocycles. The van der Waals surface area contributed by atoms with Crippen molar-refractivity contribution in [1.29, 1.82) is 0 Å². The molecule has 0 fully saturated rings. The van der Waals surface area contributed by atoms with Crippen molar-refractivity contribution >= 4 is 11.6 Å². The van der Waals surface area contributed by atoms with Crippen LogP contribution in [0.1, 0.15) is 60.5 Å². The molecule has 0 aliphatic carbocycles. The number of carbonyl (C=O) groups is 2. The topological polar surface area (TPSA) is 34.1 Å². The van der Waals surface area contributed by atoms with Gasteiger partial charge in [-0.1, -0.05) is 31.9 Å². The first-order chi connectivity index (χ1) is 8.54. The number of carbonyl (C=O) groups excluding carboxylic acids is 2. The zero-order valence-corrected chi connectivity index (χ0v) is 11.6. The van der Waals surface area contributed by atoms with Crippen LogP contribution in [0.4, 0.5) is 0 Å². The van der Waals surface area contributed by atoms with Crippen LogP contribution in [0.25, 0.3) is 0 Å². The smallest absolute Gasteiger partial charge is 0.170 e. The molecule has 0 radical (unpaired) electrons. The summed E-state index contributed by atoms with van der Waals surface area (Å²) in [6.07, 6.45) is 3.63. The van der Waals surface area contributed by atoms with E-state index in [0.717, 1.165) is 24.8 Å². The van der Waals surface area contributed by atoms with E-state index in [9.17, 15) is 9.59 Å². The van der Waals surface area contributed by atoms with Gasteiger partial charge in [-0.2, -0.15) is 0 Å². The van der Waals surface area contributed by atoms with Crippen molar-refractivity contribution in [3.8, 4) is 0 Å². The van der Waals surface area contributed by atoms with Crippen LogP contribution in [0, 0.1) is 13.8 Å². The van der Waals surface area contributed by atoms with Gasteiger partial charge in [0.1, 0.15) is 5.78 Å². The highest BCUT2D eigenvalue weighted by molar-refractivity contribution is 6.08. The van der Waals surface area contributed by atoms with Gasteiger partial charge in [0.2, 0.25) is 0 Å². The summed E-state index contributed by atoms with van der Waals surface area (Å²) in [6, 6.07) is 5.62. The highest BCUT2D eigenvalue weighted by Crippen LogP contribution is 2.12. The minimum Gasteiger partial charge on any atom is -0.299 e. The van der Waals surface area contributed by atoms with Crippen LogP contribution in [0.5, 0.6) is 0 Å². The van der Waals surface area contributed by atoms with Crippen molar-refractivity contribution in [3.05, 3.63) is 34.9 Å². The van der Waals surface area contributed by atoms with E-state index >= 15 is 0 Å². The third kappa shape index (κ3) is 4.44. The van der Waals surface area contributed by atoms with E-state index in [4.69, 9.17) is 0 Å². The summed E-state index contributed by atoms with van der Waals surface area (Å²) in [7, 11) is 0. The standard InChI is InChI=1S/C16H22O2/c1-4-5-6-7-15(17)11-16(18)14-9-8-12(2)13(3)10-14/h8-10H,4-7,11H2,1-3H3. The molecule has 18 heavy (non-hydrogen) atoms. The Hall–Kier alpha value is -1.44. The Kier molecular flexibility index (Phi) is 5.76. The van der Waals surface area contributed by atoms with E-state index in [1.807, 2.05) is 32.0 Å². The molecule has 2 nitrogen and oxygen atoms in total. The molecule has 0 atom stereocenters. The number of Topliss-reactive ketones (excluding diaryl/α,β-unsaturated/α-hetero) is 2. The van der Waals surface area contributed by atoms with E-state index in [2.05, 4.69) is 6.92 Å². The zero-order valence-electron chi connectivity index (χ0n) is 11.6. The molecule has 0 N–H and O–H groups in total. The van der Waals surface area contributed by atoms with Gasteiger partial charge in [-0.25, -0.2) is 0 Å². The Labute approximate surface area is 109 Å². The minimum absolute atomic E-state index is 0.0478. The molecule has 0 saturated carbocycles. The van der Waals surface area contributed by atoms with Gasteiger partial charge >= 0.3 is 0 Å². The molecule has 0 aliphatic rings. The first kappa shape index (κ1) is 14.6. The molecule has 1 rings (SSSR count). The van der Waals surface area contributed by atoms with E-state index in [0.29, 0.717) is 12.0 Å². The Morgan fingerprint density at radius 1 is 1.06 bits per heavy atom. The van der Waals surface area contributed by atoms with Crippen molar-refractivity contribution < 1.29 is 9.59 Å². The fourth-order valence-corrected chi connectivity index (χ4v) is 1.86. The summed E-state index contributed by atoms with van der Waals surface area (Å²) in [6.45, 7) is 6.10. The van der Waals surface area contributed by atoms with Crippen LogP contribution >= 0.6 is 0 Å². The number of unbranched alkanes of at least 4 members (excludes halogenated alkanes) is 2. The fraction of sp³-hybridized carbons (Fsp3) is 0.500. The Morgan fingerprint density at radius 3 is 2.39 bits per heavy atom. The van der Waals surface area contributed by atoms with Crippen molar-refractivity contribution in [2.24, 2.45) is 0 Å². The lowest BCUT2D eigenvalue weighted by atomic mass is 9.99. The van der Waals surface area contributed by atoms with Crippen molar-refractivity contribution in [2.45, 2.75) is 52.9 Å². The number of aryl methyl sites for hydroxylation is 2. The zero-order chi connectivity index (χ0) is 13.5. The predicted octanol–water partition coefficient (Wildman–Crippen LogP) is 4.03. The van der Waals surface area contributed by atoms with Crippen molar-refractivity contribution in [3.63, 3.8) is 0 Å². The van der Waals surface area contributed by atoms with Crippen LogP contribution in [-0.2, 0) is 4.79 Å². The maximum atomic E-state index is 11.9. The van der Waals surface area contributed by atoms with Gasteiger partial charge in [0.15, 0.2) is 5.78 Å². The van der Waals surface area contributed by atoms with Crippen molar-refractivity contribution in [2.75, 3.05) is 0 Å². The number of benzene rings is 1. The molecule has 1 aromatic carbocycles. The first-order valence-electron chi connectivity index (χ1n) is 6.66. The molecular weight excluding hydrogens is 224 g/mol. The SMILES string of the molecule is CCCCCC(=O)CC(=O)c1ccc(C)c(C)c1. The second-order valence-electron chi connectivity index (χ2n) is 4.89. The molecule has 0 unspecified atom stereocenters. The van der Waals surface area contributed by atoms with Crippen LogP contribution in [0.3, 0.4) is 0 Å². The van der Waals surface area contributed by atoms with Gasteiger partial charge in [0.25, 0.3) is 0 Å². The van der Waals surface area contributed by atoms with Gasteiger partial charge in [0.05, 0.1) is 6.42 Å². The summed E-state index contributed by atoms with van der Waals surface area (Å²) in [4.78, 5) is 23.6. The summed E-state index contributed by atoms with van der Waals surface area (Å²) in [5, 5.41) is 0. The third-order valence-electron chi connectivity index (χ3n) is 3.25. The third-order valence-corrected chi connectivity index (χ3v) is 3.25. The average Bonchev–Trinajstić information content (AvgIpc) is 2.33. The lowest BCUT2D eigenvalue weighted by molar-refractivity contribution is -0.118. The fourth-order valence-electron chi connectivity index (χ4n) is 1.86.